The lowest BCUT2D eigenvalue weighted by atomic mass is 10.2. The molecule has 0 saturated carbocycles. The van der Waals surface area contributed by atoms with Crippen LogP contribution in [0.25, 0.3) is 6.08 Å². The van der Waals surface area contributed by atoms with Crippen molar-refractivity contribution in [2.24, 2.45) is 5.10 Å². The van der Waals surface area contributed by atoms with Gasteiger partial charge >= 0.3 is 0 Å². The lowest BCUT2D eigenvalue weighted by Gasteiger charge is -2.15. The molecule has 1 saturated heterocycles. The number of ether oxygens (including phenoxy) is 1. The number of amides is 3. The molecular formula is C29H22ClN5O4S2. The third-order valence-electron chi connectivity index (χ3n) is 5.84. The normalized spacial score (nSPS) is 14.9. The van der Waals surface area contributed by atoms with Gasteiger partial charge in [0.2, 0.25) is 0 Å². The molecule has 9 nitrogen and oxygen atoms in total. The maximum atomic E-state index is 13.4. The minimum Gasteiger partial charge on any atom is -0.497 e. The van der Waals surface area contributed by atoms with Crippen LogP contribution in [0.3, 0.4) is 0 Å². The number of aromatic nitrogens is 1. The number of benzene rings is 3. The molecule has 0 radical (unpaired) electrons. The van der Waals surface area contributed by atoms with Crippen LogP contribution in [0.1, 0.15) is 31.3 Å². The Balaban J connectivity index is 1.35. The van der Waals surface area contributed by atoms with Crippen LogP contribution in [-0.4, -0.2) is 35.0 Å². The maximum Gasteiger partial charge on any atom is 0.283 e. The van der Waals surface area contributed by atoms with E-state index in [0.29, 0.717) is 38.2 Å². The van der Waals surface area contributed by atoms with Gasteiger partial charge < -0.3 is 4.74 Å². The number of carbonyl (C=O) groups excluding carboxylic acids is 3. The molecular weight excluding hydrogens is 582 g/mol. The fraction of sp³-hybridized carbons (Fsp3) is 0.0690. The third kappa shape index (κ3) is 6.32. The van der Waals surface area contributed by atoms with E-state index in [4.69, 9.17) is 16.3 Å². The Morgan fingerprint density at radius 2 is 1.71 bits per heavy atom. The molecule has 0 bridgehead atoms. The number of thiazole rings is 1. The van der Waals surface area contributed by atoms with E-state index in [1.807, 2.05) is 36.4 Å². The Kier molecular flexibility index (Phi) is 8.48. The molecule has 1 aromatic heterocycles. The van der Waals surface area contributed by atoms with Crippen LogP contribution in [-0.2, 0) is 4.79 Å². The summed E-state index contributed by atoms with van der Waals surface area (Å²) in [6, 6.07) is 22.8. The average Bonchev–Trinajstić information content (AvgIpc) is 3.51. The lowest BCUT2D eigenvalue weighted by Crippen LogP contribution is -2.31. The number of hydrogen-bond donors (Lipinski definition) is 2. The van der Waals surface area contributed by atoms with Crippen molar-refractivity contribution in [3.63, 3.8) is 0 Å². The van der Waals surface area contributed by atoms with Gasteiger partial charge in [0.15, 0.2) is 10.3 Å². The van der Waals surface area contributed by atoms with Gasteiger partial charge in [0.05, 0.1) is 23.4 Å². The zero-order valence-corrected chi connectivity index (χ0v) is 24.1. The molecule has 2 N–H and O–H groups in total. The fourth-order valence-corrected chi connectivity index (χ4v) is 5.78. The number of anilines is 2. The maximum absolute atomic E-state index is 13.4. The van der Waals surface area contributed by atoms with Gasteiger partial charge in [-0.25, -0.2) is 10.4 Å². The summed E-state index contributed by atoms with van der Waals surface area (Å²) in [6.07, 6.45) is 1.70. The van der Waals surface area contributed by atoms with Crippen LogP contribution >= 0.6 is 34.7 Å². The third-order valence-corrected chi connectivity index (χ3v) is 8.23. The first-order chi connectivity index (χ1) is 19.8. The van der Waals surface area contributed by atoms with E-state index in [2.05, 4.69) is 20.8 Å². The molecule has 0 atom stereocenters. The van der Waals surface area contributed by atoms with E-state index in [1.54, 1.807) is 62.6 Å². The molecule has 2 heterocycles. The summed E-state index contributed by atoms with van der Waals surface area (Å²) in [4.78, 5) is 45.5. The number of amidine groups is 1. The van der Waals surface area contributed by atoms with E-state index in [1.165, 1.54) is 4.90 Å². The van der Waals surface area contributed by atoms with Gasteiger partial charge in [0.1, 0.15) is 10.6 Å². The van der Waals surface area contributed by atoms with Gasteiger partial charge in [-0.15, -0.1) is 5.10 Å². The Morgan fingerprint density at radius 1 is 1.00 bits per heavy atom. The van der Waals surface area contributed by atoms with Gasteiger partial charge in [-0.05, 0) is 72.8 Å². The van der Waals surface area contributed by atoms with Crippen LogP contribution < -0.4 is 20.4 Å². The topological polar surface area (TPSA) is 113 Å². The number of nitrogens with one attached hydrogen (secondary N) is 2. The van der Waals surface area contributed by atoms with E-state index >= 15 is 0 Å². The standard InChI is InChI=1S/C29H22ClN5O4S2/c1-17-24(41-28(31-17)32-25(36)18-12-14-21(39-2)15-13-18)26(37)33-34-29-35(20-9-4-3-5-10-20)27(38)23(40-29)16-19-8-6-7-11-22(19)30/h3-16H,1-2H3,(H,33,37)(H,31,32,36)/b23-16+,34-29+. The summed E-state index contributed by atoms with van der Waals surface area (Å²) < 4.78 is 5.12. The van der Waals surface area contributed by atoms with Crippen LogP contribution in [0.5, 0.6) is 5.75 Å². The largest absolute Gasteiger partial charge is 0.497 e. The Morgan fingerprint density at radius 3 is 2.41 bits per heavy atom. The van der Waals surface area contributed by atoms with Crippen molar-refractivity contribution in [3.05, 3.63) is 110 Å². The van der Waals surface area contributed by atoms with Crippen LogP contribution in [0, 0.1) is 6.92 Å². The van der Waals surface area contributed by atoms with Crippen molar-refractivity contribution in [3.8, 4) is 5.75 Å². The van der Waals surface area contributed by atoms with Gasteiger partial charge in [-0.1, -0.05) is 59.3 Å². The summed E-state index contributed by atoms with van der Waals surface area (Å²) in [5.41, 5.74) is 4.66. The van der Waals surface area contributed by atoms with Crippen molar-refractivity contribution in [2.45, 2.75) is 6.92 Å². The Labute approximate surface area is 248 Å². The summed E-state index contributed by atoms with van der Waals surface area (Å²) in [5.74, 6) is -0.564. The van der Waals surface area contributed by atoms with E-state index in [0.717, 1.165) is 23.1 Å². The van der Waals surface area contributed by atoms with Crippen LogP contribution in [0.15, 0.2) is 88.9 Å². The number of carbonyl (C=O) groups is 3. The molecule has 41 heavy (non-hydrogen) atoms. The number of hydrazone groups is 1. The molecule has 1 aliphatic rings. The van der Waals surface area contributed by atoms with Crippen molar-refractivity contribution in [2.75, 3.05) is 17.3 Å². The molecule has 3 aromatic carbocycles. The number of para-hydroxylation sites is 1. The fourth-order valence-electron chi connectivity index (χ4n) is 3.81. The first-order valence-electron chi connectivity index (χ1n) is 12.2. The molecule has 3 amide bonds. The molecule has 5 rings (SSSR count). The number of hydrogen-bond acceptors (Lipinski definition) is 8. The number of nitrogens with zero attached hydrogens (tertiary/aromatic N) is 3. The molecule has 1 aliphatic heterocycles. The van der Waals surface area contributed by atoms with Crippen LogP contribution in [0.4, 0.5) is 10.8 Å². The highest BCUT2D eigenvalue weighted by Gasteiger charge is 2.35. The van der Waals surface area contributed by atoms with Crippen LogP contribution in [0.2, 0.25) is 5.02 Å². The van der Waals surface area contributed by atoms with Gasteiger partial charge in [0.25, 0.3) is 17.7 Å². The second kappa shape index (κ2) is 12.4. The number of thioether (sulfide) groups is 1. The predicted molar refractivity (Wildman–Crippen MR) is 164 cm³/mol. The first kappa shape index (κ1) is 28.1. The second-order valence-corrected chi connectivity index (χ2v) is 11.0. The smallest absolute Gasteiger partial charge is 0.283 e. The van der Waals surface area contributed by atoms with Crippen molar-refractivity contribution < 1.29 is 19.1 Å². The number of rotatable bonds is 7. The molecule has 0 spiro atoms. The second-order valence-electron chi connectivity index (χ2n) is 8.56. The average molecular weight is 604 g/mol. The monoisotopic (exact) mass is 603 g/mol. The Hall–Kier alpha value is -4.45. The zero-order valence-electron chi connectivity index (χ0n) is 21.8. The molecule has 206 valence electrons. The van der Waals surface area contributed by atoms with E-state index in [-0.39, 0.29) is 27.0 Å². The molecule has 1 fully saturated rings. The summed E-state index contributed by atoms with van der Waals surface area (Å²) in [5, 5.41) is 8.04. The predicted octanol–water partition coefficient (Wildman–Crippen LogP) is 6.19. The highest BCUT2D eigenvalue weighted by molar-refractivity contribution is 8.19. The SMILES string of the molecule is COc1ccc(C(=O)Nc2nc(C)c(C(=O)N/N=C3/S/C(=C/c4ccccc4Cl)C(=O)N3c3ccccc3)s2)cc1. The molecule has 0 unspecified atom stereocenters. The molecule has 12 heteroatoms. The zero-order chi connectivity index (χ0) is 28.9. The molecule has 4 aromatic rings. The first-order valence-corrected chi connectivity index (χ1v) is 14.2. The molecule has 0 aliphatic carbocycles. The summed E-state index contributed by atoms with van der Waals surface area (Å²) in [6.45, 7) is 1.66. The van der Waals surface area contributed by atoms with Gasteiger partial charge in [-0.3, -0.25) is 24.6 Å². The van der Waals surface area contributed by atoms with Gasteiger partial charge in [-0.2, -0.15) is 0 Å². The van der Waals surface area contributed by atoms with Crippen molar-refractivity contribution in [1.29, 1.82) is 0 Å². The van der Waals surface area contributed by atoms with Crippen molar-refractivity contribution >= 4 is 74.5 Å². The van der Waals surface area contributed by atoms with Gasteiger partial charge in [0, 0.05) is 10.6 Å². The number of aryl methyl sites for hydroxylation is 1. The quantitative estimate of drug-likeness (QED) is 0.192. The minimum atomic E-state index is -0.526. The Bertz CT molecular complexity index is 1690. The highest BCUT2D eigenvalue weighted by Crippen LogP contribution is 2.36. The number of methoxy groups -OCH3 is 1. The highest BCUT2D eigenvalue weighted by atomic mass is 35.5. The number of halogens is 1. The summed E-state index contributed by atoms with van der Waals surface area (Å²) >= 11 is 8.44. The van der Waals surface area contributed by atoms with Crippen molar-refractivity contribution in [1.82, 2.24) is 10.4 Å². The lowest BCUT2D eigenvalue weighted by molar-refractivity contribution is -0.113. The van der Waals surface area contributed by atoms with E-state index < -0.39 is 5.91 Å². The van der Waals surface area contributed by atoms with E-state index in [9.17, 15) is 14.4 Å². The summed E-state index contributed by atoms with van der Waals surface area (Å²) in [7, 11) is 1.55. The minimum absolute atomic E-state index is 0.266.